The zero-order chi connectivity index (χ0) is 13.7. The molecule has 1 heterocycles. The molecule has 1 fully saturated rings. The van der Waals surface area contributed by atoms with Gasteiger partial charge in [0.05, 0.1) is 12.1 Å². The normalized spacial score (nSPS) is 16.5. The number of hydrogen-bond donors (Lipinski definition) is 2. The second-order valence-electron chi connectivity index (χ2n) is 5.13. The third-order valence-electron chi connectivity index (χ3n) is 3.47. The highest BCUT2D eigenvalue weighted by Crippen LogP contribution is 2.29. The third kappa shape index (κ3) is 3.33. The van der Waals surface area contributed by atoms with E-state index in [2.05, 4.69) is 29.1 Å². The Balaban J connectivity index is 2.19. The zero-order valence-electron chi connectivity index (χ0n) is 11.2. The Hall–Kier alpha value is -1.86. The molecule has 4 heteroatoms. The van der Waals surface area contributed by atoms with E-state index in [1.54, 1.807) is 18.3 Å². The SMILES string of the molecule is CC1(NC(=O)c2ncccc2C#CCN)CCCC1. The van der Waals surface area contributed by atoms with Gasteiger partial charge in [0.2, 0.25) is 0 Å². The van der Waals surface area contributed by atoms with Crippen LogP contribution in [-0.4, -0.2) is 23.0 Å². The van der Waals surface area contributed by atoms with Gasteiger partial charge in [0.25, 0.3) is 5.91 Å². The van der Waals surface area contributed by atoms with Gasteiger partial charge < -0.3 is 11.1 Å². The van der Waals surface area contributed by atoms with E-state index < -0.39 is 0 Å². The summed E-state index contributed by atoms with van der Waals surface area (Å²) in [7, 11) is 0. The van der Waals surface area contributed by atoms with Crippen molar-refractivity contribution >= 4 is 5.91 Å². The predicted octanol–water partition coefficient (Wildman–Crippen LogP) is 1.45. The summed E-state index contributed by atoms with van der Waals surface area (Å²) in [5.41, 5.74) is 6.27. The Bertz CT molecular complexity index is 522. The number of nitrogens with zero attached hydrogens (tertiary/aromatic N) is 1. The standard InChI is InChI=1S/C15H19N3O/c1-15(8-2-3-9-15)18-14(19)13-12(6-4-10-16)7-5-11-17-13/h5,7,11H,2-3,8-10,16H2,1H3,(H,18,19). The van der Waals surface area contributed by atoms with Crippen molar-refractivity contribution in [2.45, 2.75) is 38.1 Å². The van der Waals surface area contributed by atoms with Crippen molar-refractivity contribution in [1.82, 2.24) is 10.3 Å². The number of carbonyl (C=O) groups is 1. The Morgan fingerprint density at radius 1 is 1.53 bits per heavy atom. The molecule has 1 aromatic rings. The minimum atomic E-state index is -0.147. The van der Waals surface area contributed by atoms with Gasteiger partial charge in [0.15, 0.2) is 0 Å². The molecule has 4 nitrogen and oxygen atoms in total. The monoisotopic (exact) mass is 257 g/mol. The molecule has 0 unspecified atom stereocenters. The van der Waals surface area contributed by atoms with E-state index in [-0.39, 0.29) is 18.0 Å². The number of pyridine rings is 1. The molecular formula is C15H19N3O. The van der Waals surface area contributed by atoms with Crippen LogP contribution in [0.2, 0.25) is 0 Å². The molecule has 0 radical (unpaired) electrons. The highest BCUT2D eigenvalue weighted by atomic mass is 16.2. The summed E-state index contributed by atoms with van der Waals surface area (Å²) in [5, 5.41) is 3.09. The van der Waals surface area contributed by atoms with Gasteiger partial charge in [-0.25, -0.2) is 4.98 Å². The molecule has 1 aromatic heterocycles. The van der Waals surface area contributed by atoms with E-state index in [1.165, 1.54) is 12.8 Å². The van der Waals surface area contributed by atoms with E-state index >= 15 is 0 Å². The van der Waals surface area contributed by atoms with Crippen LogP contribution in [0.15, 0.2) is 18.3 Å². The smallest absolute Gasteiger partial charge is 0.271 e. The lowest BCUT2D eigenvalue weighted by Gasteiger charge is -2.25. The van der Waals surface area contributed by atoms with Gasteiger partial charge in [-0.15, -0.1) is 0 Å². The number of aromatic nitrogens is 1. The molecule has 1 saturated carbocycles. The fourth-order valence-corrected chi connectivity index (χ4v) is 2.45. The highest BCUT2D eigenvalue weighted by molar-refractivity contribution is 5.95. The molecule has 1 amide bonds. The van der Waals surface area contributed by atoms with Crippen molar-refractivity contribution in [1.29, 1.82) is 0 Å². The summed E-state index contributed by atoms with van der Waals surface area (Å²) in [4.78, 5) is 16.5. The first-order valence-corrected chi connectivity index (χ1v) is 6.61. The van der Waals surface area contributed by atoms with Crippen molar-refractivity contribution in [2.24, 2.45) is 5.73 Å². The van der Waals surface area contributed by atoms with Crippen LogP contribution >= 0.6 is 0 Å². The topological polar surface area (TPSA) is 68.0 Å². The van der Waals surface area contributed by atoms with Crippen LogP contribution in [0.4, 0.5) is 0 Å². The second kappa shape index (κ2) is 5.85. The quantitative estimate of drug-likeness (QED) is 0.788. The van der Waals surface area contributed by atoms with Gasteiger partial charge in [-0.2, -0.15) is 0 Å². The zero-order valence-corrected chi connectivity index (χ0v) is 11.2. The van der Waals surface area contributed by atoms with Gasteiger partial charge in [0.1, 0.15) is 5.69 Å². The minimum Gasteiger partial charge on any atom is -0.346 e. The van der Waals surface area contributed by atoms with Crippen LogP contribution in [0.25, 0.3) is 0 Å². The van der Waals surface area contributed by atoms with Crippen LogP contribution in [0, 0.1) is 11.8 Å². The predicted molar refractivity (Wildman–Crippen MR) is 74.5 cm³/mol. The lowest BCUT2D eigenvalue weighted by molar-refractivity contribution is 0.0902. The maximum atomic E-state index is 12.3. The second-order valence-corrected chi connectivity index (χ2v) is 5.13. The van der Waals surface area contributed by atoms with Crippen LogP contribution < -0.4 is 11.1 Å². The third-order valence-corrected chi connectivity index (χ3v) is 3.47. The van der Waals surface area contributed by atoms with Crippen molar-refractivity contribution in [3.05, 3.63) is 29.6 Å². The van der Waals surface area contributed by atoms with Gasteiger partial charge in [-0.3, -0.25) is 4.79 Å². The first-order valence-electron chi connectivity index (χ1n) is 6.61. The Labute approximate surface area is 113 Å². The molecule has 1 aliphatic carbocycles. The first-order chi connectivity index (χ1) is 9.14. The first kappa shape index (κ1) is 13.6. The summed E-state index contributed by atoms with van der Waals surface area (Å²) in [6.07, 6.45) is 5.99. The van der Waals surface area contributed by atoms with Gasteiger partial charge in [-0.1, -0.05) is 24.7 Å². The van der Waals surface area contributed by atoms with Gasteiger partial charge in [0, 0.05) is 11.7 Å². The summed E-state index contributed by atoms with van der Waals surface area (Å²) >= 11 is 0. The fraction of sp³-hybridized carbons (Fsp3) is 0.467. The van der Waals surface area contributed by atoms with E-state index in [4.69, 9.17) is 5.73 Å². The molecule has 1 aliphatic rings. The van der Waals surface area contributed by atoms with Crippen molar-refractivity contribution < 1.29 is 4.79 Å². The molecule has 0 saturated heterocycles. The van der Waals surface area contributed by atoms with Crippen molar-refractivity contribution in [2.75, 3.05) is 6.54 Å². The highest BCUT2D eigenvalue weighted by Gasteiger charge is 2.31. The molecular weight excluding hydrogens is 238 g/mol. The van der Waals surface area contributed by atoms with Crippen molar-refractivity contribution in [3.63, 3.8) is 0 Å². The number of amides is 1. The molecule has 0 aromatic carbocycles. The fourth-order valence-electron chi connectivity index (χ4n) is 2.45. The summed E-state index contributed by atoms with van der Waals surface area (Å²) in [6, 6.07) is 3.57. The van der Waals surface area contributed by atoms with Crippen LogP contribution in [-0.2, 0) is 0 Å². The van der Waals surface area contributed by atoms with Crippen molar-refractivity contribution in [3.8, 4) is 11.8 Å². The lowest BCUT2D eigenvalue weighted by Crippen LogP contribution is -2.44. The van der Waals surface area contributed by atoms with E-state index in [0.717, 1.165) is 12.8 Å². The van der Waals surface area contributed by atoms with E-state index in [9.17, 15) is 4.79 Å². The molecule has 3 N–H and O–H groups in total. The molecule has 100 valence electrons. The largest absolute Gasteiger partial charge is 0.346 e. The van der Waals surface area contributed by atoms with E-state index in [1.807, 2.05) is 0 Å². The molecule has 0 atom stereocenters. The maximum Gasteiger partial charge on any atom is 0.271 e. The van der Waals surface area contributed by atoms with E-state index in [0.29, 0.717) is 11.3 Å². The van der Waals surface area contributed by atoms with Gasteiger partial charge in [-0.05, 0) is 31.9 Å². The average Bonchev–Trinajstić information content (AvgIpc) is 2.83. The Morgan fingerprint density at radius 2 is 2.26 bits per heavy atom. The van der Waals surface area contributed by atoms with Crippen LogP contribution in [0.3, 0.4) is 0 Å². The number of hydrogen-bond acceptors (Lipinski definition) is 3. The minimum absolute atomic E-state index is 0.104. The maximum absolute atomic E-state index is 12.3. The Kier molecular flexibility index (Phi) is 4.18. The van der Waals surface area contributed by atoms with Gasteiger partial charge >= 0.3 is 0 Å². The Morgan fingerprint density at radius 3 is 2.95 bits per heavy atom. The average molecular weight is 257 g/mol. The molecule has 0 spiro atoms. The number of nitrogens with two attached hydrogens (primary N) is 1. The number of carbonyl (C=O) groups excluding carboxylic acids is 1. The number of rotatable bonds is 2. The molecule has 2 rings (SSSR count). The summed E-state index contributed by atoms with van der Waals surface area (Å²) in [5.74, 6) is 5.51. The van der Waals surface area contributed by atoms with Crippen LogP contribution in [0.5, 0.6) is 0 Å². The summed E-state index contributed by atoms with van der Waals surface area (Å²) in [6.45, 7) is 2.36. The molecule has 19 heavy (non-hydrogen) atoms. The van der Waals surface area contributed by atoms with Crippen LogP contribution in [0.1, 0.15) is 48.7 Å². The lowest BCUT2D eigenvalue weighted by atomic mass is 10.00. The molecule has 0 aliphatic heterocycles. The number of nitrogens with one attached hydrogen (secondary N) is 1. The molecule has 0 bridgehead atoms. The summed E-state index contributed by atoms with van der Waals surface area (Å²) < 4.78 is 0.